The van der Waals surface area contributed by atoms with Gasteiger partial charge in [-0.05, 0) is 48.2 Å². The maximum atomic E-state index is 12.4. The van der Waals surface area contributed by atoms with Crippen molar-refractivity contribution in [1.82, 2.24) is 10.3 Å². The first-order valence-electron chi connectivity index (χ1n) is 7.60. The molecule has 0 aliphatic heterocycles. The minimum Gasteiger partial charge on any atom is -0.367 e. The van der Waals surface area contributed by atoms with Crippen molar-refractivity contribution in [1.29, 1.82) is 0 Å². The molecule has 0 spiro atoms. The number of pyridine rings is 1. The molecule has 0 aliphatic rings. The molecule has 3 N–H and O–H groups in total. The van der Waals surface area contributed by atoms with E-state index in [-0.39, 0.29) is 18.2 Å². The quantitative estimate of drug-likeness (QED) is 0.844. The van der Waals surface area contributed by atoms with E-state index in [0.717, 1.165) is 5.56 Å². The van der Waals surface area contributed by atoms with Gasteiger partial charge in [0.2, 0.25) is 11.8 Å². The Morgan fingerprint density at radius 3 is 2.54 bits per heavy atom. The molecule has 1 aromatic carbocycles. The summed E-state index contributed by atoms with van der Waals surface area (Å²) in [5, 5.41) is 3.22. The first kappa shape index (κ1) is 17.9. The molecule has 2 amide bonds. The number of nitrogens with one attached hydrogen (secondary N) is 1. The zero-order valence-electron chi connectivity index (χ0n) is 13.6. The number of benzene rings is 1. The molecular formula is C18H20ClN3O2. The highest BCUT2D eigenvalue weighted by molar-refractivity contribution is 6.30. The van der Waals surface area contributed by atoms with Crippen LogP contribution in [0.25, 0.3) is 0 Å². The van der Waals surface area contributed by atoms with Gasteiger partial charge < -0.3 is 11.1 Å². The van der Waals surface area contributed by atoms with Gasteiger partial charge in [0.1, 0.15) is 5.54 Å². The van der Waals surface area contributed by atoms with E-state index in [1.807, 2.05) is 19.1 Å². The second kappa shape index (κ2) is 7.45. The number of hydrogen-bond donors (Lipinski definition) is 2. The number of nitrogens with zero attached hydrogens (tertiary/aromatic N) is 1. The predicted octanol–water partition coefficient (Wildman–Crippen LogP) is 2.75. The number of hydrogen-bond acceptors (Lipinski definition) is 3. The molecule has 0 bridgehead atoms. The summed E-state index contributed by atoms with van der Waals surface area (Å²) in [6.07, 6.45) is 3.60. The van der Waals surface area contributed by atoms with Crippen molar-refractivity contribution in [3.05, 3.63) is 64.9 Å². The SMILES string of the molecule is CC(CC(=O)NC(C)(C(N)=O)c1cccc(Cl)c1)c1ccncc1. The van der Waals surface area contributed by atoms with Gasteiger partial charge >= 0.3 is 0 Å². The Balaban J connectivity index is 2.16. The zero-order chi connectivity index (χ0) is 17.7. The average molecular weight is 346 g/mol. The lowest BCUT2D eigenvalue weighted by atomic mass is 9.90. The molecule has 126 valence electrons. The third-order valence-electron chi connectivity index (χ3n) is 4.05. The third-order valence-corrected chi connectivity index (χ3v) is 4.29. The standard InChI is InChI=1S/C18H20ClN3O2/c1-12(13-6-8-21-9-7-13)10-16(23)22-18(2,17(20)24)14-4-3-5-15(19)11-14/h3-9,11-12H,10H2,1-2H3,(H2,20,24)(H,22,23). The average Bonchev–Trinajstić information content (AvgIpc) is 2.55. The molecule has 2 atom stereocenters. The molecule has 2 aromatic rings. The maximum absolute atomic E-state index is 12.4. The molecule has 0 saturated heterocycles. The lowest BCUT2D eigenvalue weighted by Crippen LogP contribution is -2.52. The first-order valence-corrected chi connectivity index (χ1v) is 7.97. The van der Waals surface area contributed by atoms with E-state index in [0.29, 0.717) is 10.6 Å². The smallest absolute Gasteiger partial charge is 0.247 e. The van der Waals surface area contributed by atoms with Crippen molar-refractivity contribution in [2.24, 2.45) is 5.73 Å². The summed E-state index contributed by atoms with van der Waals surface area (Å²) in [6, 6.07) is 10.5. The van der Waals surface area contributed by atoms with Gasteiger partial charge in [0, 0.05) is 23.8 Å². The largest absolute Gasteiger partial charge is 0.367 e. The van der Waals surface area contributed by atoms with Gasteiger partial charge in [0.25, 0.3) is 0 Å². The summed E-state index contributed by atoms with van der Waals surface area (Å²) in [4.78, 5) is 28.4. The van der Waals surface area contributed by atoms with Crippen molar-refractivity contribution in [3.8, 4) is 0 Å². The van der Waals surface area contributed by atoms with Crippen LogP contribution in [0.2, 0.25) is 5.02 Å². The maximum Gasteiger partial charge on any atom is 0.247 e. The summed E-state index contributed by atoms with van der Waals surface area (Å²) < 4.78 is 0. The molecule has 0 fully saturated rings. The van der Waals surface area contributed by atoms with Gasteiger partial charge in [-0.15, -0.1) is 0 Å². The first-order chi connectivity index (χ1) is 11.3. The van der Waals surface area contributed by atoms with Gasteiger partial charge in [0.05, 0.1) is 0 Å². The predicted molar refractivity (Wildman–Crippen MR) is 93.4 cm³/mol. The molecule has 2 rings (SSSR count). The number of amides is 2. The fourth-order valence-corrected chi connectivity index (χ4v) is 2.68. The summed E-state index contributed by atoms with van der Waals surface area (Å²) in [7, 11) is 0. The van der Waals surface area contributed by atoms with Crippen LogP contribution in [0.15, 0.2) is 48.8 Å². The van der Waals surface area contributed by atoms with Crippen LogP contribution in [0.1, 0.15) is 37.3 Å². The number of nitrogens with two attached hydrogens (primary N) is 1. The topological polar surface area (TPSA) is 85.1 Å². The van der Waals surface area contributed by atoms with Crippen LogP contribution in [-0.4, -0.2) is 16.8 Å². The fourth-order valence-electron chi connectivity index (χ4n) is 2.49. The van der Waals surface area contributed by atoms with Gasteiger partial charge in [0.15, 0.2) is 0 Å². The summed E-state index contributed by atoms with van der Waals surface area (Å²) in [5.74, 6) is -0.917. The Morgan fingerprint density at radius 1 is 1.29 bits per heavy atom. The van der Waals surface area contributed by atoms with Crippen molar-refractivity contribution < 1.29 is 9.59 Å². The van der Waals surface area contributed by atoms with Crippen LogP contribution < -0.4 is 11.1 Å². The molecule has 0 aliphatic carbocycles. The Morgan fingerprint density at radius 2 is 1.96 bits per heavy atom. The van der Waals surface area contributed by atoms with Crippen molar-refractivity contribution in [2.75, 3.05) is 0 Å². The van der Waals surface area contributed by atoms with Crippen molar-refractivity contribution in [2.45, 2.75) is 31.7 Å². The van der Waals surface area contributed by atoms with Crippen molar-refractivity contribution >= 4 is 23.4 Å². The highest BCUT2D eigenvalue weighted by Crippen LogP contribution is 2.25. The number of carbonyl (C=O) groups excluding carboxylic acids is 2. The molecule has 1 heterocycles. The number of primary amides is 1. The van der Waals surface area contributed by atoms with E-state index < -0.39 is 11.4 Å². The molecule has 5 nitrogen and oxygen atoms in total. The van der Waals surface area contributed by atoms with Crippen molar-refractivity contribution in [3.63, 3.8) is 0 Å². The Kier molecular flexibility index (Phi) is 5.57. The Bertz CT molecular complexity index is 736. The van der Waals surface area contributed by atoms with Gasteiger partial charge in [-0.25, -0.2) is 0 Å². The van der Waals surface area contributed by atoms with Crippen LogP contribution >= 0.6 is 11.6 Å². The molecule has 6 heteroatoms. The Hall–Kier alpha value is -2.40. The summed E-state index contributed by atoms with van der Waals surface area (Å²) in [5.41, 5.74) is 5.77. The third kappa shape index (κ3) is 4.11. The number of carbonyl (C=O) groups is 2. The van der Waals surface area contributed by atoms with E-state index in [1.165, 1.54) is 0 Å². The van der Waals surface area contributed by atoms with Gasteiger partial charge in [-0.2, -0.15) is 0 Å². The lowest BCUT2D eigenvalue weighted by molar-refractivity contribution is -0.131. The summed E-state index contributed by atoms with van der Waals surface area (Å²) in [6.45, 7) is 3.52. The number of rotatable bonds is 6. The number of aromatic nitrogens is 1. The highest BCUT2D eigenvalue weighted by atomic mass is 35.5. The zero-order valence-corrected chi connectivity index (χ0v) is 14.4. The molecule has 1 aromatic heterocycles. The minimum atomic E-state index is -1.32. The normalized spacial score (nSPS) is 14.5. The van der Waals surface area contributed by atoms with E-state index in [4.69, 9.17) is 17.3 Å². The van der Waals surface area contributed by atoms with Gasteiger partial charge in [-0.1, -0.05) is 30.7 Å². The second-order valence-electron chi connectivity index (χ2n) is 5.93. The van der Waals surface area contributed by atoms with E-state index in [9.17, 15) is 9.59 Å². The van der Waals surface area contributed by atoms with Gasteiger partial charge in [-0.3, -0.25) is 14.6 Å². The minimum absolute atomic E-state index is 0.00973. The lowest BCUT2D eigenvalue weighted by Gasteiger charge is -2.28. The summed E-state index contributed by atoms with van der Waals surface area (Å²) >= 11 is 5.99. The molecule has 24 heavy (non-hydrogen) atoms. The number of halogens is 1. The van der Waals surface area contributed by atoms with E-state index in [2.05, 4.69) is 10.3 Å². The molecule has 2 unspecified atom stereocenters. The fraction of sp³-hybridized carbons (Fsp3) is 0.278. The van der Waals surface area contributed by atoms with Crippen LogP contribution in [0.3, 0.4) is 0 Å². The highest BCUT2D eigenvalue weighted by Gasteiger charge is 2.35. The van der Waals surface area contributed by atoms with Crippen LogP contribution in [-0.2, 0) is 15.1 Å². The molecular weight excluding hydrogens is 326 g/mol. The monoisotopic (exact) mass is 345 g/mol. The van der Waals surface area contributed by atoms with Crippen LogP contribution in [0, 0.1) is 0 Å². The molecule has 0 radical (unpaired) electrons. The molecule has 0 saturated carbocycles. The van der Waals surface area contributed by atoms with E-state index >= 15 is 0 Å². The van der Waals surface area contributed by atoms with Crippen LogP contribution in [0.5, 0.6) is 0 Å². The van der Waals surface area contributed by atoms with Crippen LogP contribution in [0.4, 0.5) is 0 Å². The van der Waals surface area contributed by atoms with E-state index in [1.54, 1.807) is 43.6 Å². The Labute approximate surface area is 146 Å². The second-order valence-corrected chi connectivity index (χ2v) is 6.37.